The first-order valence-electron chi connectivity index (χ1n) is 9.73. The molecule has 3 aromatic rings. The molecule has 0 saturated carbocycles. The lowest BCUT2D eigenvalue weighted by atomic mass is 10.2. The standard InChI is InChI=1S/C22H23N3O5S/c1-4-30-22(27)20-14-23-25(15(20)3)18-10-6-16(7-11-18)21(26)24-17-8-12-19(13-9-17)31(28,29)5-2/h6-14H,4-5H2,1-3H3,(H,24,26). The van der Waals surface area contributed by atoms with E-state index in [1.807, 2.05) is 0 Å². The summed E-state index contributed by atoms with van der Waals surface area (Å²) in [5.74, 6) is -0.746. The minimum absolute atomic E-state index is 0.0159. The van der Waals surface area contributed by atoms with Gasteiger partial charge in [-0.2, -0.15) is 5.10 Å². The molecule has 0 aliphatic heterocycles. The second-order valence-corrected chi connectivity index (χ2v) is 8.98. The predicted molar refractivity (Wildman–Crippen MR) is 116 cm³/mol. The van der Waals surface area contributed by atoms with Crippen LogP contribution in [0.5, 0.6) is 0 Å². The number of anilines is 1. The maximum Gasteiger partial charge on any atom is 0.341 e. The number of sulfone groups is 1. The van der Waals surface area contributed by atoms with Gasteiger partial charge in [-0.05, 0) is 62.4 Å². The lowest BCUT2D eigenvalue weighted by Crippen LogP contribution is -2.12. The largest absolute Gasteiger partial charge is 0.462 e. The van der Waals surface area contributed by atoms with Gasteiger partial charge in [0, 0.05) is 11.3 Å². The van der Waals surface area contributed by atoms with Crippen LogP contribution in [0.3, 0.4) is 0 Å². The first-order valence-corrected chi connectivity index (χ1v) is 11.4. The van der Waals surface area contributed by atoms with Gasteiger partial charge in [-0.3, -0.25) is 4.79 Å². The van der Waals surface area contributed by atoms with E-state index < -0.39 is 15.8 Å². The third-order valence-electron chi connectivity index (χ3n) is 4.73. The van der Waals surface area contributed by atoms with Crippen LogP contribution in [-0.4, -0.2) is 42.4 Å². The molecular weight excluding hydrogens is 418 g/mol. The van der Waals surface area contributed by atoms with E-state index in [1.165, 1.54) is 18.3 Å². The Hall–Kier alpha value is -3.46. The van der Waals surface area contributed by atoms with E-state index in [4.69, 9.17) is 4.74 Å². The number of hydrogen-bond acceptors (Lipinski definition) is 6. The molecule has 0 aliphatic rings. The van der Waals surface area contributed by atoms with Gasteiger partial charge >= 0.3 is 5.97 Å². The molecule has 31 heavy (non-hydrogen) atoms. The van der Waals surface area contributed by atoms with E-state index in [0.29, 0.717) is 28.2 Å². The van der Waals surface area contributed by atoms with Gasteiger partial charge in [0.2, 0.25) is 0 Å². The van der Waals surface area contributed by atoms with E-state index in [1.54, 1.807) is 61.9 Å². The number of carbonyl (C=O) groups excluding carboxylic acids is 2. The molecule has 0 unspecified atom stereocenters. The van der Waals surface area contributed by atoms with Crippen molar-refractivity contribution in [3.05, 3.63) is 71.5 Å². The topological polar surface area (TPSA) is 107 Å². The summed E-state index contributed by atoms with van der Waals surface area (Å²) in [5, 5.41) is 6.97. The average Bonchev–Trinajstić information content (AvgIpc) is 3.15. The Bertz CT molecular complexity index is 1200. The number of amides is 1. The predicted octanol–water partition coefficient (Wildman–Crippen LogP) is 3.40. The maximum atomic E-state index is 12.5. The fourth-order valence-corrected chi connectivity index (χ4v) is 3.83. The first-order chi connectivity index (χ1) is 14.8. The molecule has 0 spiro atoms. The number of aromatic nitrogens is 2. The van der Waals surface area contributed by atoms with E-state index in [-0.39, 0.29) is 23.2 Å². The Morgan fingerprint density at radius 1 is 1.03 bits per heavy atom. The summed E-state index contributed by atoms with van der Waals surface area (Å²) < 4.78 is 30.4. The molecule has 0 radical (unpaired) electrons. The lowest BCUT2D eigenvalue weighted by molar-refractivity contribution is 0.0525. The van der Waals surface area contributed by atoms with Crippen LogP contribution in [0, 0.1) is 6.92 Å². The van der Waals surface area contributed by atoms with Crippen molar-refractivity contribution in [1.29, 1.82) is 0 Å². The van der Waals surface area contributed by atoms with Gasteiger partial charge in [-0.1, -0.05) is 6.92 Å². The fraction of sp³-hybridized carbons (Fsp3) is 0.227. The van der Waals surface area contributed by atoms with Crippen LogP contribution in [0.25, 0.3) is 5.69 Å². The number of rotatable bonds is 7. The molecule has 0 fully saturated rings. The average molecular weight is 442 g/mol. The van der Waals surface area contributed by atoms with E-state index in [2.05, 4.69) is 10.4 Å². The summed E-state index contributed by atoms with van der Waals surface area (Å²) in [7, 11) is -3.29. The lowest BCUT2D eigenvalue weighted by Gasteiger charge is -2.09. The molecule has 2 aromatic carbocycles. The monoisotopic (exact) mass is 441 g/mol. The van der Waals surface area contributed by atoms with Gasteiger partial charge in [0.15, 0.2) is 9.84 Å². The van der Waals surface area contributed by atoms with Gasteiger partial charge in [-0.15, -0.1) is 0 Å². The van der Waals surface area contributed by atoms with Crippen LogP contribution in [-0.2, 0) is 14.6 Å². The van der Waals surface area contributed by atoms with Crippen molar-refractivity contribution < 1.29 is 22.7 Å². The highest BCUT2D eigenvalue weighted by molar-refractivity contribution is 7.91. The van der Waals surface area contributed by atoms with Crippen LogP contribution >= 0.6 is 0 Å². The fourth-order valence-electron chi connectivity index (χ4n) is 2.95. The van der Waals surface area contributed by atoms with Crippen LogP contribution in [0.15, 0.2) is 59.6 Å². The summed E-state index contributed by atoms with van der Waals surface area (Å²) >= 11 is 0. The molecule has 0 atom stereocenters. The number of carbonyl (C=O) groups is 2. The Balaban J connectivity index is 1.73. The Labute approximate surface area is 180 Å². The summed E-state index contributed by atoms with van der Waals surface area (Å²) in [4.78, 5) is 24.7. The van der Waals surface area contributed by atoms with Gasteiger partial charge in [0.25, 0.3) is 5.91 Å². The quantitative estimate of drug-likeness (QED) is 0.563. The zero-order valence-electron chi connectivity index (χ0n) is 17.5. The molecule has 1 amide bonds. The van der Waals surface area contributed by atoms with E-state index in [9.17, 15) is 18.0 Å². The highest BCUT2D eigenvalue weighted by Crippen LogP contribution is 2.18. The second kappa shape index (κ2) is 9.13. The van der Waals surface area contributed by atoms with Crippen molar-refractivity contribution in [3.8, 4) is 5.69 Å². The summed E-state index contributed by atoms with van der Waals surface area (Å²) in [6, 6.07) is 12.8. The number of nitrogens with zero attached hydrogens (tertiary/aromatic N) is 2. The van der Waals surface area contributed by atoms with Crippen molar-refractivity contribution in [2.24, 2.45) is 0 Å². The molecule has 3 rings (SSSR count). The number of esters is 1. The second-order valence-electron chi connectivity index (χ2n) is 6.70. The zero-order chi connectivity index (χ0) is 22.6. The van der Waals surface area contributed by atoms with Crippen molar-refractivity contribution in [2.75, 3.05) is 17.7 Å². The Morgan fingerprint density at radius 2 is 1.68 bits per heavy atom. The third kappa shape index (κ3) is 4.83. The summed E-state index contributed by atoms with van der Waals surface area (Å²) in [6.07, 6.45) is 1.45. The number of nitrogens with one attached hydrogen (secondary N) is 1. The number of ether oxygens (including phenoxy) is 1. The molecule has 1 heterocycles. The van der Waals surface area contributed by atoms with Gasteiger partial charge in [0.1, 0.15) is 5.56 Å². The van der Waals surface area contributed by atoms with Gasteiger partial charge in [-0.25, -0.2) is 17.9 Å². The Morgan fingerprint density at radius 3 is 2.26 bits per heavy atom. The normalized spacial score (nSPS) is 11.2. The molecule has 1 aromatic heterocycles. The zero-order valence-corrected chi connectivity index (χ0v) is 18.3. The van der Waals surface area contributed by atoms with Gasteiger partial charge in [0.05, 0.1) is 34.8 Å². The SMILES string of the molecule is CCOC(=O)c1cnn(-c2ccc(C(=O)Nc3ccc(S(=O)(=O)CC)cc3)cc2)c1C. The van der Waals surface area contributed by atoms with Crippen molar-refractivity contribution in [3.63, 3.8) is 0 Å². The third-order valence-corrected chi connectivity index (χ3v) is 6.48. The van der Waals surface area contributed by atoms with Gasteiger partial charge < -0.3 is 10.1 Å². The molecule has 0 aliphatic carbocycles. The molecule has 0 saturated heterocycles. The molecule has 0 bridgehead atoms. The summed E-state index contributed by atoms with van der Waals surface area (Å²) in [6.45, 7) is 5.37. The minimum atomic E-state index is -3.29. The van der Waals surface area contributed by atoms with E-state index >= 15 is 0 Å². The maximum absolute atomic E-state index is 12.5. The molecule has 1 N–H and O–H groups in total. The molecule has 162 valence electrons. The molecular formula is C22H23N3O5S. The molecule has 8 nitrogen and oxygen atoms in total. The highest BCUT2D eigenvalue weighted by Gasteiger charge is 2.16. The van der Waals surface area contributed by atoms with Crippen LogP contribution in [0.4, 0.5) is 5.69 Å². The van der Waals surface area contributed by atoms with Crippen LogP contribution in [0.2, 0.25) is 0 Å². The first kappa shape index (κ1) is 22.2. The Kier molecular flexibility index (Phi) is 6.55. The number of benzene rings is 2. The van der Waals surface area contributed by atoms with Crippen molar-refractivity contribution in [1.82, 2.24) is 9.78 Å². The number of hydrogen-bond donors (Lipinski definition) is 1. The van der Waals surface area contributed by atoms with E-state index in [0.717, 1.165) is 0 Å². The van der Waals surface area contributed by atoms with Crippen LogP contribution in [0.1, 0.15) is 40.3 Å². The van der Waals surface area contributed by atoms with Crippen molar-refractivity contribution >= 4 is 27.4 Å². The highest BCUT2D eigenvalue weighted by atomic mass is 32.2. The smallest absolute Gasteiger partial charge is 0.341 e. The van der Waals surface area contributed by atoms with Crippen LogP contribution < -0.4 is 5.32 Å². The molecule has 9 heteroatoms. The minimum Gasteiger partial charge on any atom is -0.462 e. The van der Waals surface area contributed by atoms with Crippen molar-refractivity contribution in [2.45, 2.75) is 25.7 Å². The summed E-state index contributed by atoms with van der Waals surface area (Å²) in [5.41, 5.74) is 2.63.